The van der Waals surface area contributed by atoms with Gasteiger partial charge in [0.2, 0.25) is 0 Å². The minimum atomic E-state index is -0.315. The number of rotatable bonds is 3. The molecule has 65 valence electrons. The quantitative estimate of drug-likeness (QED) is 0.543. The number of hydrogen-bond donors (Lipinski definition) is 0. The molecule has 1 aromatic heterocycles. The van der Waals surface area contributed by atoms with Crippen molar-refractivity contribution < 1.29 is 0 Å². The van der Waals surface area contributed by atoms with Crippen molar-refractivity contribution in [1.82, 2.24) is 4.98 Å². The second-order valence-electron chi connectivity index (χ2n) is 2.82. The normalized spacial score (nSPS) is 10.7. The SMILES string of the molecule is CCSc1ccc([Si](C)C)cn1. The summed E-state index contributed by atoms with van der Waals surface area (Å²) in [5, 5.41) is 2.56. The fraction of sp³-hybridized carbons (Fsp3) is 0.444. The van der Waals surface area contributed by atoms with Gasteiger partial charge in [-0.2, -0.15) is 0 Å². The summed E-state index contributed by atoms with van der Waals surface area (Å²) in [6.45, 7) is 6.72. The van der Waals surface area contributed by atoms with E-state index in [1.165, 1.54) is 5.19 Å². The Bertz CT molecular complexity index is 233. The Morgan fingerprint density at radius 2 is 2.17 bits per heavy atom. The molecule has 0 spiro atoms. The van der Waals surface area contributed by atoms with Crippen molar-refractivity contribution in [2.75, 3.05) is 5.75 Å². The van der Waals surface area contributed by atoms with Crippen LogP contribution >= 0.6 is 11.8 Å². The summed E-state index contributed by atoms with van der Waals surface area (Å²) in [5.74, 6) is 1.10. The molecule has 0 saturated heterocycles. The molecular weight excluding hydrogens is 182 g/mol. The Morgan fingerprint density at radius 3 is 2.58 bits per heavy atom. The van der Waals surface area contributed by atoms with Gasteiger partial charge in [0.25, 0.3) is 0 Å². The van der Waals surface area contributed by atoms with E-state index in [1.807, 2.05) is 6.20 Å². The highest BCUT2D eigenvalue weighted by molar-refractivity contribution is 7.99. The van der Waals surface area contributed by atoms with Crippen LogP contribution in [0.5, 0.6) is 0 Å². The lowest BCUT2D eigenvalue weighted by atomic mass is 10.5. The van der Waals surface area contributed by atoms with Crippen LogP contribution in [0.2, 0.25) is 13.1 Å². The molecular formula is C9H14NSSi. The second-order valence-corrected chi connectivity index (χ2v) is 6.68. The maximum Gasteiger partial charge on any atom is 0.0959 e. The smallest absolute Gasteiger partial charge is 0.0959 e. The Kier molecular flexibility index (Phi) is 3.82. The van der Waals surface area contributed by atoms with Gasteiger partial charge in [0.15, 0.2) is 0 Å². The van der Waals surface area contributed by atoms with E-state index < -0.39 is 0 Å². The summed E-state index contributed by atoms with van der Waals surface area (Å²) < 4.78 is 0. The minimum Gasteiger partial charge on any atom is -0.250 e. The summed E-state index contributed by atoms with van der Waals surface area (Å²) >= 11 is 1.80. The van der Waals surface area contributed by atoms with E-state index >= 15 is 0 Å². The molecule has 1 aromatic rings. The van der Waals surface area contributed by atoms with Gasteiger partial charge >= 0.3 is 0 Å². The van der Waals surface area contributed by atoms with Crippen LogP contribution in [0.25, 0.3) is 0 Å². The standard InChI is InChI=1S/C9H14NSSi/c1-4-11-9-6-5-8(7-10-9)12(2)3/h5-7H,4H2,1-3H3. The molecule has 1 rings (SSSR count). The molecule has 0 bridgehead atoms. The lowest BCUT2D eigenvalue weighted by Gasteiger charge is -2.03. The highest BCUT2D eigenvalue weighted by atomic mass is 32.2. The number of hydrogen-bond acceptors (Lipinski definition) is 2. The van der Waals surface area contributed by atoms with E-state index in [0.717, 1.165) is 10.8 Å². The van der Waals surface area contributed by atoms with Gasteiger partial charge < -0.3 is 0 Å². The van der Waals surface area contributed by atoms with Gasteiger partial charge in [0.1, 0.15) is 0 Å². The molecule has 0 atom stereocenters. The van der Waals surface area contributed by atoms with Gasteiger partial charge in [-0.3, -0.25) is 4.98 Å². The topological polar surface area (TPSA) is 12.9 Å². The van der Waals surface area contributed by atoms with E-state index in [2.05, 4.69) is 37.1 Å². The van der Waals surface area contributed by atoms with Crippen molar-refractivity contribution in [3.63, 3.8) is 0 Å². The predicted octanol–water partition coefficient (Wildman–Crippen LogP) is 2.16. The Balaban J connectivity index is 2.71. The van der Waals surface area contributed by atoms with E-state index in [0.29, 0.717) is 0 Å². The van der Waals surface area contributed by atoms with Gasteiger partial charge in [0.05, 0.1) is 13.8 Å². The largest absolute Gasteiger partial charge is 0.250 e. The van der Waals surface area contributed by atoms with Crippen LogP contribution in [0.1, 0.15) is 6.92 Å². The van der Waals surface area contributed by atoms with Crippen LogP contribution in [-0.4, -0.2) is 19.5 Å². The zero-order valence-electron chi connectivity index (χ0n) is 7.79. The Labute approximate surface area is 80.2 Å². The minimum absolute atomic E-state index is 0.315. The molecule has 0 aliphatic rings. The molecule has 0 aromatic carbocycles. The van der Waals surface area contributed by atoms with E-state index in [1.54, 1.807) is 11.8 Å². The van der Waals surface area contributed by atoms with Crippen molar-refractivity contribution in [2.45, 2.75) is 25.0 Å². The van der Waals surface area contributed by atoms with Gasteiger partial charge in [-0.1, -0.05) is 26.1 Å². The van der Waals surface area contributed by atoms with Crippen molar-refractivity contribution in [3.05, 3.63) is 18.3 Å². The highest BCUT2D eigenvalue weighted by Crippen LogP contribution is 2.11. The summed E-state index contributed by atoms with van der Waals surface area (Å²) in [4.78, 5) is 4.38. The molecule has 1 radical (unpaired) electrons. The van der Waals surface area contributed by atoms with E-state index in [9.17, 15) is 0 Å². The van der Waals surface area contributed by atoms with E-state index in [4.69, 9.17) is 0 Å². The average Bonchev–Trinajstić information content (AvgIpc) is 2.06. The van der Waals surface area contributed by atoms with Gasteiger partial charge in [-0.15, -0.1) is 11.8 Å². The highest BCUT2D eigenvalue weighted by Gasteiger charge is 2.00. The molecule has 0 unspecified atom stereocenters. The van der Waals surface area contributed by atoms with Gasteiger partial charge in [-0.05, 0) is 17.0 Å². The number of pyridine rings is 1. The average molecular weight is 196 g/mol. The first kappa shape index (κ1) is 9.80. The first-order valence-corrected chi connectivity index (χ1v) is 7.62. The van der Waals surface area contributed by atoms with Crippen LogP contribution in [0.4, 0.5) is 0 Å². The maximum atomic E-state index is 4.38. The molecule has 1 heterocycles. The lowest BCUT2D eigenvalue weighted by Crippen LogP contribution is -2.22. The zero-order valence-corrected chi connectivity index (χ0v) is 9.61. The van der Waals surface area contributed by atoms with Gasteiger partial charge in [0, 0.05) is 6.20 Å². The predicted molar refractivity (Wildman–Crippen MR) is 57.8 cm³/mol. The van der Waals surface area contributed by atoms with Crippen LogP contribution in [0.15, 0.2) is 23.4 Å². The lowest BCUT2D eigenvalue weighted by molar-refractivity contribution is 1.14. The molecule has 0 saturated carbocycles. The molecule has 0 aliphatic heterocycles. The van der Waals surface area contributed by atoms with Crippen molar-refractivity contribution in [2.24, 2.45) is 0 Å². The number of thioether (sulfide) groups is 1. The van der Waals surface area contributed by atoms with Crippen LogP contribution in [-0.2, 0) is 0 Å². The molecule has 12 heavy (non-hydrogen) atoms. The Hall–Kier alpha value is -0.283. The molecule has 3 heteroatoms. The van der Waals surface area contributed by atoms with Crippen molar-refractivity contribution >= 4 is 25.7 Å². The Morgan fingerprint density at radius 1 is 1.42 bits per heavy atom. The summed E-state index contributed by atoms with van der Waals surface area (Å²) in [7, 11) is -0.315. The first-order chi connectivity index (χ1) is 5.74. The maximum absolute atomic E-state index is 4.38. The fourth-order valence-corrected chi connectivity index (χ4v) is 2.24. The van der Waals surface area contributed by atoms with Gasteiger partial charge in [-0.25, -0.2) is 0 Å². The summed E-state index contributed by atoms with van der Waals surface area (Å²) in [6.07, 6.45) is 2.02. The molecule has 0 fully saturated rings. The van der Waals surface area contributed by atoms with Crippen LogP contribution in [0.3, 0.4) is 0 Å². The van der Waals surface area contributed by atoms with Crippen LogP contribution in [0, 0.1) is 0 Å². The third-order valence-electron chi connectivity index (χ3n) is 1.61. The monoisotopic (exact) mass is 196 g/mol. The second kappa shape index (κ2) is 4.67. The first-order valence-electron chi connectivity index (χ1n) is 4.13. The number of aromatic nitrogens is 1. The van der Waals surface area contributed by atoms with Crippen molar-refractivity contribution in [1.29, 1.82) is 0 Å². The summed E-state index contributed by atoms with van der Waals surface area (Å²) in [6, 6.07) is 4.33. The molecule has 1 nitrogen and oxygen atoms in total. The molecule has 0 N–H and O–H groups in total. The molecule has 0 aliphatic carbocycles. The van der Waals surface area contributed by atoms with Crippen molar-refractivity contribution in [3.8, 4) is 0 Å². The molecule has 0 amide bonds. The van der Waals surface area contributed by atoms with E-state index in [-0.39, 0.29) is 8.80 Å². The third-order valence-corrected chi connectivity index (χ3v) is 3.88. The fourth-order valence-electron chi connectivity index (χ4n) is 0.909. The zero-order chi connectivity index (χ0) is 8.97. The van der Waals surface area contributed by atoms with Crippen LogP contribution < -0.4 is 5.19 Å². The number of nitrogens with zero attached hydrogens (tertiary/aromatic N) is 1. The summed E-state index contributed by atoms with van der Waals surface area (Å²) in [5.41, 5.74) is 0. The third kappa shape index (κ3) is 2.64.